The van der Waals surface area contributed by atoms with E-state index in [-0.39, 0.29) is 11.8 Å². The van der Waals surface area contributed by atoms with Crippen molar-refractivity contribution in [2.45, 2.75) is 38.1 Å². The second-order valence-electron chi connectivity index (χ2n) is 9.68. The number of amides is 2. The van der Waals surface area contributed by atoms with Crippen molar-refractivity contribution in [3.05, 3.63) is 65.4 Å². The fourth-order valence-corrected chi connectivity index (χ4v) is 5.32. The molecule has 2 saturated heterocycles. The first kappa shape index (κ1) is 23.4. The average Bonchev–Trinajstić information content (AvgIpc) is 3.58. The van der Waals surface area contributed by atoms with Crippen molar-refractivity contribution in [3.63, 3.8) is 0 Å². The van der Waals surface area contributed by atoms with Crippen LogP contribution in [0.2, 0.25) is 0 Å². The van der Waals surface area contributed by atoms with Crippen LogP contribution in [0.15, 0.2) is 48.7 Å². The van der Waals surface area contributed by atoms with Crippen molar-refractivity contribution in [2.24, 2.45) is 0 Å². The molecule has 35 heavy (non-hydrogen) atoms. The number of fused-ring (bicyclic) bond motifs is 1. The number of hydrogen-bond acceptors (Lipinski definition) is 4. The lowest BCUT2D eigenvalue weighted by Crippen LogP contribution is -2.41. The Hall–Kier alpha value is -3.32. The smallest absolute Gasteiger partial charge is 0.253 e. The monoisotopic (exact) mass is 474 g/mol. The third kappa shape index (κ3) is 5.35. The van der Waals surface area contributed by atoms with Crippen LogP contribution in [0.5, 0.6) is 5.75 Å². The number of methoxy groups -OCH3 is 1. The highest BCUT2D eigenvalue weighted by Gasteiger charge is 2.24. The maximum atomic E-state index is 12.6. The number of carbonyl (C=O) groups is 2. The van der Waals surface area contributed by atoms with Gasteiger partial charge in [-0.2, -0.15) is 0 Å². The Bertz CT molecular complexity index is 1170. The van der Waals surface area contributed by atoms with Gasteiger partial charge in [-0.05, 0) is 86.1 Å². The number of carbonyl (C=O) groups excluding carboxylic acids is 2. The molecule has 7 nitrogen and oxygen atoms in total. The second kappa shape index (κ2) is 10.5. The van der Waals surface area contributed by atoms with Gasteiger partial charge in [0.15, 0.2) is 0 Å². The van der Waals surface area contributed by atoms with Gasteiger partial charge >= 0.3 is 0 Å². The molecule has 2 N–H and O–H groups in total. The van der Waals surface area contributed by atoms with Crippen molar-refractivity contribution >= 4 is 22.7 Å². The van der Waals surface area contributed by atoms with Gasteiger partial charge in [0.25, 0.3) is 5.91 Å². The van der Waals surface area contributed by atoms with Gasteiger partial charge in [0.05, 0.1) is 13.7 Å². The van der Waals surface area contributed by atoms with Crippen molar-refractivity contribution in [1.29, 1.82) is 0 Å². The van der Waals surface area contributed by atoms with Crippen LogP contribution in [0.1, 0.15) is 53.1 Å². The van der Waals surface area contributed by atoms with Crippen LogP contribution in [0.4, 0.5) is 0 Å². The van der Waals surface area contributed by atoms with Crippen LogP contribution in [0, 0.1) is 0 Å². The van der Waals surface area contributed by atoms with E-state index in [9.17, 15) is 9.59 Å². The summed E-state index contributed by atoms with van der Waals surface area (Å²) >= 11 is 0. The van der Waals surface area contributed by atoms with Crippen molar-refractivity contribution in [1.82, 2.24) is 20.1 Å². The fraction of sp³-hybridized carbons (Fsp3) is 0.429. The molecule has 2 fully saturated rings. The Morgan fingerprint density at radius 3 is 2.49 bits per heavy atom. The molecule has 0 spiro atoms. The Morgan fingerprint density at radius 1 is 1.03 bits per heavy atom. The van der Waals surface area contributed by atoms with E-state index in [1.54, 1.807) is 7.11 Å². The van der Waals surface area contributed by atoms with Gasteiger partial charge in [0, 0.05) is 42.3 Å². The van der Waals surface area contributed by atoms with E-state index in [0.717, 1.165) is 74.3 Å². The number of piperidine rings is 1. The third-order valence-electron chi connectivity index (χ3n) is 7.40. The van der Waals surface area contributed by atoms with Gasteiger partial charge in [-0.15, -0.1) is 0 Å². The predicted molar refractivity (Wildman–Crippen MR) is 137 cm³/mol. The van der Waals surface area contributed by atoms with Crippen LogP contribution in [-0.2, 0) is 11.3 Å². The first-order chi connectivity index (χ1) is 17.1. The number of rotatable bonds is 7. The van der Waals surface area contributed by atoms with E-state index in [1.165, 1.54) is 10.9 Å². The van der Waals surface area contributed by atoms with Crippen LogP contribution in [0.3, 0.4) is 0 Å². The maximum Gasteiger partial charge on any atom is 0.253 e. The van der Waals surface area contributed by atoms with E-state index < -0.39 is 0 Å². The minimum absolute atomic E-state index is 0.0394. The number of nitrogens with one attached hydrogen (secondary N) is 2. The van der Waals surface area contributed by atoms with E-state index >= 15 is 0 Å². The quantitative estimate of drug-likeness (QED) is 0.544. The van der Waals surface area contributed by atoms with Gasteiger partial charge in [-0.25, -0.2) is 0 Å². The first-order valence-corrected chi connectivity index (χ1v) is 12.6. The zero-order chi connectivity index (χ0) is 24.2. The molecule has 2 aromatic carbocycles. The number of ether oxygens (including phenoxy) is 1. The number of benzene rings is 2. The summed E-state index contributed by atoms with van der Waals surface area (Å²) in [6, 6.07) is 13.8. The summed E-state index contributed by atoms with van der Waals surface area (Å²) in [5, 5.41) is 4.26. The predicted octanol–water partition coefficient (Wildman–Crippen LogP) is 3.91. The lowest BCUT2D eigenvalue weighted by atomic mass is 9.89. The van der Waals surface area contributed by atoms with E-state index in [4.69, 9.17) is 4.74 Å². The molecular formula is C28H34N4O3. The van der Waals surface area contributed by atoms with Crippen molar-refractivity contribution in [2.75, 3.05) is 39.8 Å². The van der Waals surface area contributed by atoms with Crippen LogP contribution in [0.25, 0.3) is 10.9 Å². The second-order valence-corrected chi connectivity index (χ2v) is 9.68. The lowest BCUT2D eigenvalue weighted by Gasteiger charge is -2.31. The summed E-state index contributed by atoms with van der Waals surface area (Å²) in [5.41, 5.74) is 4.20. The van der Waals surface area contributed by atoms with Gasteiger partial charge < -0.3 is 19.9 Å². The highest BCUT2D eigenvalue weighted by Crippen LogP contribution is 2.34. The summed E-state index contributed by atoms with van der Waals surface area (Å²) in [6.45, 7) is 4.41. The molecule has 3 aromatic rings. The molecule has 2 amide bonds. The minimum Gasteiger partial charge on any atom is -0.497 e. The summed E-state index contributed by atoms with van der Waals surface area (Å²) in [5.74, 6) is 1.50. The van der Waals surface area contributed by atoms with Crippen molar-refractivity contribution < 1.29 is 14.3 Å². The normalized spacial score (nSPS) is 17.1. The molecule has 0 bridgehead atoms. The molecular weight excluding hydrogens is 440 g/mol. The Morgan fingerprint density at radius 2 is 1.77 bits per heavy atom. The van der Waals surface area contributed by atoms with Crippen LogP contribution in [-0.4, -0.2) is 66.4 Å². The zero-order valence-electron chi connectivity index (χ0n) is 20.4. The molecule has 2 aliphatic heterocycles. The summed E-state index contributed by atoms with van der Waals surface area (Å²) in [7, 11) is 1.70. The lowest BCUT2D eigenvalue weighted by molar-refractivity contribution is -0.122. The molecule has 0 radical (unpaired) electrons. The molecule has 184 valence electrons. The highest BCUT2D eigenvalue weighted by molar-refractivity contribution is 5.94. The molecule has 0 atom stereocenters. The molecule has 5 rings (SSSR count). The Balaban J connectivity index is 1.08. The van der Waals surface area contributed by atoms with E-state index in [0.29, 0.717) is 19.0 Å². The topological polar surface area (TPSA) is 77.7 Å². The largest absolute Gasteiger partial charge is 0.497 e. The van der Waals surface area contributed by atoms with Gasteiger partial charge in [-0.1, -0.05) is 12.1 Å². The number of aromatic nitrogens is 1. The maximum absolute atomic E-state index is 12.6. The van der Waals surface area contributed by atoms with E-state index in [2.05, 4.69) is 33.5 Å². The fourth-order valence-electron chi connectivity index (χ4n) is 5.32. The Kier molecular flexibility index (Phi) is 7.04. The number of hydrogen-bond donors (Lipinski definition) is 2. The number of likely N-dealkylation sites (tertiary alicyclic amines) is 2. The minimum atomic E-state index is 0.0394. The third-order valence-corrected chi connectivity index (χ3v) is 7.40. The molecule has 0 aliphatic carbocycles. The van der Waals surface area contributed by atoms with Gasteiger partial charge in [0.2, 0.25) is 5.91 Å². The number of H-pyrrole nitrogens is 1. The highest BCUT2D eigenvalue weighted by atomic mass is 16.5. The Labute approximate surface area is 206 Å². The standard InChI is InChI=1S/C28H34N4O3/c1-35-23-8-9-26-24(16-23)25(18-29-26)21-10-14-31(15-11-21)19-27(33)30-17-20-4-6-22(7-5-20)28(34)32-12-2-3-13-32/h4-9,16,18,21,29H,2-3,10-15,17,19H2,1H3,(H,30,33). The molecule has 2 aliphatic rings. The summed E-state index contributed by atoms with van der Waals surface area (Å²) in [4.78, 5) is 32.6. The molecule has 3 heterocycles. The number of nitrogens with zero attached hydrogens (tertiary/aromatic N) is 2. The SMILES string of the molecule is COc1ccc2[nH]cc(C3CCN(CC(=O)NCc4ccc(C(=O)N5CCCC5)cc4)CC3)c2c1. The molecule has 7 heteroatoms. The molecule has 0 unspecified atom stereocenters. The summed E-state index contributed by atoms with van der Waals surface area (Å²) < 4.78 is 5.40. The van der Waals surface area contributed by atoms with Crippen LogP contribution < -0.4 is 10.1 Å². The average molecular weight is 475 g/mol. The molecule has 0 saturated carbocycles. The van der Waals surface area contributed by atoms with E-state index in [1.807, 2.05) is 35.2 Å². The van der Waals surface area contributed by atoms with Crippen LogP contribution >= 0.6 is 0 Å². The summed E-state index contributed by atoms with van der Waals surface area (Å²) in [6.07, 6.45) is 6.37. The molecule has 1 aromatic heterocycles. The van der Waals surface area contributed by atoms with Gasteiger partial charge in [0.1, 0.15) is 5.75 Å². The van der Waals surface area contributed by atoms with Crippen molar-refractivity contribution in [3.8, 4) is 5.75 Å². The first-order valence-electron chi connectivity index (χ1n) is 12.6. The number of aromatic amines is 1. The van der Waals surface area contributed by atoms with Gasteiger partial charge in [-0.3, -0.25) is 14.5 Å². The zero-order valence-corrected chi connectivity index (χ0v) is 20.4.